The van der Waals surface area contributed by atoms with E-state index < -0.39 is 11.9 Å². The van der Waals surface area contributed by atoms with Crippen LogP contribution in [0.4, 0.5) is 17.1 Å². The van der Waals surface area contributed by atoms with E-state index in [4.69, 9.17) is 11.6 Å². The Hall–Kier alpha value is -3.16. The molecule has 1 aliphatic rings. The summed E-state index contributed by atoms with van der Waals surface area (Å²) in [6, 6.07) is 16.2. The fraction of sp³-hybridized carbons (Fsp3) is 0.0952. The highest BCUT2D eigenvalue weighted by Crippen LogP contribution is 2.34. The Labute approximate surface area is 176 Å². The van der Waals surface area contributed by atoms with Gasteiger partial charge in [-0.25, -0.2) is 0 Å². The molecule has 1 aliphatic heterocycles. The van der Waals surface area contributed by atoms with Gasteiger partial charge in [0.05, 0.1) is 22.7 Å². The lowest BCUT2D eigenvalue weighted by atomic mass is 10.0. The number of carbonyl (C=O) groups is 3. The molecule has 3 aromatic rings. The second-order valence-corrected chi connectivity index (χ2v) is 7.82. The van der Waals surface area contributed by atoms with Crippen molar-refractivity contribution < 1.29 is 14.4 Å². The van der Waals surface area contributed by atoms with Crippen molar-refractivity contribution in [1.29, 1.82) is 0 Å². The van der Waals surface area contributed by atoms with Crippen LogP contribution in [0.3, 0.4) is 0 Å². The lowest BCUT2D eigenvalue weighted by Crippen LogP contribution is -2.52. The number of nitrogens with one attached hydrogen (secondary N) is 2. The maximum absolute atomic E-state index is 13.2. The standard InChI is InChI=1S/C21H16ClN3O3S/c22-13-7-9-14(10-8-13)23-19(26)12-17-20(27)24-15-4-1-2-5-16(15)25(17)21(28)18-6-3-11-29-18/h1-11,17H,12H2,(H,23,26)(H,24,27)/t17-/m1/s1. The molecular weight excluding hydrogens is 410 g/mol. The van der Waals surface area contributed by atoms with Crippen LogP contribution in [-0.4, -0.2) is 23.8 Å². The summed E-state index contributed by atoms with van der Waals surface area (Å²) in [4.78, 5) is 40.5. The smallest absolute Gasteiger partial charge is 0.269 e. The van der Waals surface area contributed by atoms with E-state index in [9.17, 15) is 14.4 Å². The lowest BCUT2D eigenvalue weighted by Gasteiger charge is -2.35. The topological polar surface area (TPSA) is 78.5 Å². The van der Waals surface area contributed by atoms with E-state index in [1.165, 1.54) is 16.2 Å². The van der Waals surface area contributed by atoms with Crippen molar-refractivity contribution >= 4 is 57.7 Å². The average Bonchev–Trinajstić information content (AvgIpc) is 3.25. The van der Waals surface area contributed by atoms with Crippen molar-refractivity contribution in [2.75, 3.05) is 15.5 Å². The lowest BCUT2D eigenvalue weighted by molar-refractivity contribution is -0.122. The molecule has 1 atom stereocenters. The summed E-state index contributed by atoms with van der Waals surface area (Å²) in [6.45, 7) is 0. The first-order chi connectivity index (χ1) is 14.0. The quantitative estimate of drug-likeness (QED) is 0.650. The van der Waals surface area contributed by atoms with Gasteiger partial charge in [0.25, 0.3) is 5.91 Å². The number of carbonyl (C=O) groups excluding carboxylic acids is 3. The van der Waals surface area contributed by atoms with Crippen LogP contribution in [0.1, 0.15) is 16.1 Å². The van der Waals surface area contributed by atoms with Crippen molar-refractivity contribution in [3.63, 3.8) is 0 Å². The van der Waals surface area contributed by atoms with E-state index in [-0.39, 0.29) is 18.2 Å². The summed E-state index contributed by atoms with van der Waals surface area (Å²) in [6.07, 6.45) is -0.181. The van der Waals surface area contributed by atoms with E-state index in [0.29, 0.717) is 27.0 Å². The van der Waals surface area contributed by atoms with E-state index in [2.05, 4.69) is 10.6 Å². The maximum Gasteiger partial charge on any atom is 0.269 e. The first-order valence-corrected chi connectivity index (χ1v) is 10.1. The van der Waals surface area contributed by atoms with Gasteiger partial charge in [0.15, 0.2) is 0 Å². The molecule has 2 aromatic carbocycles. The summed E-state index contributed by atoms with van der Waals surface area (Å²) in [5, 5.41) is 7.88. The molecule has 0 unspecified atom stereocenters. The van der Waals surface area contributed by atoms with Crippen LogP contribution in [0.2, 0.25) is 5.02 Å². The molecule has 0 saturated heterocycles. The highest BCUT2D eigenvalue weighted by molar-refractivity contribution is 7.12. The molecule has 146 valence electrons. The maximum atomic E-state index is 13.2. The van der Waals surface area contributed by atoms with Crippen molar-refractivity contribution in [1.82, 2.24) is 0 Å². The number of anilines is 3. The van der Waals surface area contributed by atoms with Crippen LogP contribution >= 0.6 is 22.9 Å². The number of para-hydroxylation sites is 2. The largest absolute Gasteiger partial charge is 0.326 e. The van der Waals surface area contributed by atoms with Gasteiger partial charge in [0.2, 0.25) is 11.8 Å². The molecule has 0 spiro atoms. The van der Waals surface area contributed by atoms with Gasteiger partial charge in [0.1, 0.15) is 6.04 Å². The van der Waals surface area contributed by atoms with Gasteiger partial charge in [-0.2, -0.15) is 0 Å². The first kappa shape index (κ1) is 19.2. The van der Waals surface area contributed by atoms with Crippen LogP contribution in [0, 0.1) is 0 Å². The molecule has 4 rings (SSSR count). The normalized spacial score (nSPS) is 15.4. The number of benzene rings is 2. The minimum absolute atomic E-state index is 0.181. The molecule has 0 fully saturated rings. The summed E-state index contributed by atoms with van der Waals surface area (Å²) < 4.78 is 0. The number of halogens is 1. The highest BCUT2D eigenvalue weighted by atomic mass is 35.5. The van der Waals surface area contributed by atoms with Crippen molar-refractivity contribution in [2.45, 2.75) is 12.5 Å². The summed E-state index contributed by atoms with van der Waals surface area (Å²) in [7, 11) is 0. The number of thiophene rings is 1. The third-order valence-electron chi connectivity index (χ3n) is 4.49. The fourth-order valence-corrected chi connectivity index (χ4v) is 3.95. The molecule has 29 heavy (non-hydrogen) atoms. The molecule has 2 N–H and O–H groups in total. The Balaban J connectivity index is 1.62. The van der Waals surface area contributed by atoms with Gasteiger partial charge in [-0.3, -0.25) is 19.3 Å². The first-order valence-electron chi connectivity index (χ1n) is 8.85. The van der Waals surface area contributed by atoms with Crippen LogP contribution in [0.25, 0.3) is 0 Å². The van der Waals surface area contributed by atoms with E-state index in [0.717, 1.165) is 0 Å². The van der Waals surface area contributed by atoms with Gasteiger partial charge in [0, 0.05) is 10.7 Å². The molecule has 1 aromatic heterocycles. The van der Waals surface area contributed by atoms with Crippen molar-refractivity contribution in [3.8, 4) is 0 Å². The second kappa shape index (κ2) is 8.06. The van der Waals surface area contributed by atoms with Crippen molar-refractivity contribution in [3.05, 3.63) is 75.9 Å². The van der Waals surface area contributed by atoms with E-state index in [1.807, 2.05) is 0 Å². The average molecular weight is 426 g/mol. The minimum atomic E-state index is -0.966. The Kier molecular flexibility index (Phi) is 5.33. The Morgan fingerprint density at radius 1 is 1.07 bits per heavy atom. The van der Waals surface area contributed by atoms with Crippen molar-refractivity contribution in [2.24, 2.45) is 0 Å². The monoisotopic (exact) mass is 425 g/mol. The van der Waals surface area contributed by atoms with E-state index in [1.54, 1.807) is 66.0 Å². The number of amides is 3. The predicted octanol–water partition coefficient (Wildman–Crippen LogP) is 4.40. The molecule has 0 radical (unpaired) electrons. The fourth-order valence-electron chi connectivity index (χ4n) is 3.17. The van der Waals surface area contributed by atoms with Gasteiger partial charge in [-0.15, -0.1) is 11.3 Å². The number of hydrogen-bond donors (Lipinski definition) is 2. The molecule has 0 aliphatic carbocycles. The molecule has 0 saturated carbocycles. The summed E-state index contributed by atoms with van der Waals surface area (Å²) in [5.41, 5.74) is 1.67. The number of rotatable bonds is 4. The van der Waals surface area contributed by atoms with Crippen LogP contribution in [0.15, 0.2) is 66.0 Å². The second-order valence-electron chi connectivity index (χ2n) is 6.43. The Morgan fingerprint density at radius 3 is 2.55 bits per heavy atom. The molecule has 3 amide bonds. The van der Waals surface area contributed by atoms with Gasteiger partial charge < -0.3 is 10.6 Å². The SMILES string of the molecule is O=C(C[C@@H]1C(=O)Nc2ccccc2N1C(=O)c1cccs1)Nc1ccc(Cl)cc1. The third kappa shape index (κ3) is 4.01. The summed E-state index contributed by atoms with van der Waals surface area (Å²) in [5.74, 6) is -1.10. The van der Waals surface area contributed by atoms with Gasteiger partial charge in [-0.05, 0) is 47.8 Å². The minimum Gasteiger partial charge on any atom is -0.326 e. The zero-order chi connectivity index (χ0) is 20.4. The zero-order valence-corrected chi connectivity index (χ0v) is 16.7. The van der Waals surface area contributed by atoms with Crippen LogP contribution < -0.4 is 15.5 Å². The van der Waals surface area contributed by atoms with Crippen LogP contribution in [0.5, 0.6) is 0 Å². The Morgan fingerprint density at radius 2 is 1.83 bits per heavy atom. The van der Waals surface area contributed by atoms with Gasteiger partial charge in [-0.1, -0.05) is 29.8 Å². The number of fused-ring (bicyclic) bond motifs is 1. The van der Waals surface area contributed by atoms with Gasteiger partial charge >= 0.3 is 0 Å². The zero-order valence-electron chi connectivity index (χ0n) is 15.1. The molecule has 6 nitrogen and oxygen atoms in total. The molecule has 8 heteroatoms. The molecule has 0 bridgehead atoms. The Bertz CT molecular complexity index is 1070. The summed E-state index contributed by atoms with van der Waals surface area (Å²) >= 11 is 7.15. The van der Waals surface area contributed by atoms with E-state index >= 15 is 0 Å². The van der Waals surface area contributed by atoms with Crippen LogP contribution in [-0.2, 0) is 9.59 Å². The molecule has 2 heterocycles. The number of nitrogens with zero attached hydrogens (tertiary/aromatic N) is 1. The predicted molar refractivity (Wildman–Crippen MR) is 115 cm³/mol. The number of hydrogen-bond acceptors (Lipinski definition) is 4. The highest BCUT2D eigenvalue weighted by Gasteiger charge is 2.38. The molecular formula is C21H16ClN3O3S. The third-order valence-corrected chi connectivity index (χ3v) is 5.60.